The Kier molecular flexibility index (Phi) is 28.2. The van der Waals surface area contributed by atoms with E-state index >= 15 is 0 Å². The van der Waals surface area contributed by atoms with Gasteiger partial charge in [-0.05, 0) is 106 Å². The van der Waals surface area contributed by atoms with Gasteiger partial charge in [-0.1, -0.05) is 145 Å². The first-order chi connectivity index (χ1) is 52.6. The van der Waals surface area contributed by atoms with Gasteiger partial charge in [-0.3, -0.25) is 33.7 Å². The standard InChI is InChI=1S/C84H97N11O13/c1-57(19-17-44-105-48-42-94-82-70-27-11-13-29-75(70)92(78(100)31-15-23-64(97)37-46-103-5)53-62-21-7-9-25-66(62)80(82)87-89-94)60-33-35-68-69-36-34-61(52-73(69)74(72(68)51-60)56-108-84(102)86-39-40-91(55-77(99)85-4)41-50-107-59(3)96)58(2)20-18-45-106-49-43-95-83-71-28-12-14-30-76(71)93(79(101)32-16-24-65(98)38-47-104-6)54-63-22-8-10-26-67(63)81(83)88-90-95/h7-14,21-22,25-30,33-36,51-52,74H,1-2,15-20,23-24,31-32,37-50,53-56H2,3-6H3,(H,85,99)(H,86,102). The number of alkyl carbamates (subject to hydrolysis) is 1. The number of methoxy groups -OCH3 is 2. The third kappa shape index (κ3) is 19.9. The molecule has 0 radical (unpaired) electrons. The van der Waals surface area contributed by atoms with E-state index in [0.29, 0.717) is 143 Å². The molecule has 566 valence electrons. The van der Waals surface area contributed by atoms with Gasteiger partial charge in [0.25, 0.3) is 0 Å². The van der Waals surface area contributed by atoms with Crippen LogP contribution in [0.2, 0.25) is 0 Å². The van der Waals surface area contributed by atoms with Crippen molar-refractivity contribution >= 4 is 63.9 Å². The molecule has 2 aliphatic heterocycles. The van der Waals surface area contributed by atoms with E-state index in [-0.39, 0.29) is 74.4 Å². The first kappa shape index (κ1) is 78.4. The Morgan fingerprint density at radius 2 is 0.981 bits per heavy atom. The molecular formula is C84H97N11O13. The molecule has 0 atom stereocenters. The fraction of sp³-hybridized carbons (Fsp3) is 0.393. The van der Waals surface area contributed by atoms with Gasteiger partial charge in [-0.25, -0.2) is 14.2 Å². The van der Waals surface area contributed by atoms with E-state index in [2.05, 4.69) is 70.6 Å². The van der Waals surface area contributed by atoms with Crippen LogP contribution in [0.1, 0.15) is 123 Å². The molecule has 8 aromatic rings. The average molecular weight is 1470 g/mol. The van der Waals surface area contributed by atoms with E-state index in [1.807, 2.05) is 116 Å². The first-order valence-electron chi connectivity index (χ1n) is 37.2. The Morgan fingerprint density at radius 3 is 1.45 bits per heavy atom. The quantitative estimate of drug-likeness (QED) is 0.0267. The van der Waals surface area contributed by atoms with Crippen molar-refractivity contribution in [2.24, 2.45) is 0 Å². The van der Waals surface area contributed by atoms with Gasteiger partial charge >= 0.3 is 12.1 Å². The van der Waals surface area contributed by atoms with Crippen molar-refractivity contribution in [2.75, 3.05) is 110 Å². The maximum Gasteiger partial charge on any atom is 0.407 e. The van der Waals surface area contributed by atoms with Gasteiger partial charge in [0, 0.05) is 128 Å². The zero-order valence-corrected chi connectivity index (χ0v) is 62.3. The normalized spacial score (nSPS) is 12.5. The maximum atomic E-state index is 14.1. The number of rotatable bonds is 40. The van der Waals surface area contributed by atoms with E-state index in [9.17, 15) is 33.6 Å². The number of carbonyl (C=O) groups excluding carboxylic acids is 7. The number of nitrogens with zero attached hydrogens (tertiary/aromatic N) is 9. The Balaban J connectivity index is 0.724. The molecule has 6 aromatic carbocycles. The molecule has 11 rings (SSSR count). The zero-order valence-electron chi connectivity index (χ0n) is 62.3. The molecule has 0 unspecified atom stereocenters. The Labute approximate surface area is 630 Å². The minimum Gasteiger partial charge on any atom is -0.465 e. The van der Waals surface area contributed by atoms with Crippen molar-refractivity contribution in [3.63, 3.8) is 0 Å². The Hall–Kier alpha value is -10.6. The van der Waals surface area contributed by atoms with Crippen LogP contribution < -0.4 is 20.4 Å². The SMILES string of the molecule is C=C(CCCOCCn1nnc2c1-c1ccccc1N(C(=O)CCCC(=O)CCOC)Cc1ccccc1-2)c1ccc2c(c1)C(COC(=O)NCCN(CCOC(C)=O)CC(=O)NC)c1cc(C(=C)CCCOCCn3nnc4c3-c3ccccc3N(C(=O)CCCC(=O)CCOC)Cc3ccccc3-4)ccc1-2. The fourth-order valence-electron chi connectivity index (χ4n) is 14.2. The van der Waals surface area contributed by atoms with Crippen LogP contribution >= 0.6 is 0 Å². The number of carbonyl (C=O) groups is 7. The van der Waals surface area contributed by atoms with Gasteiger partial charge in [0.05, 0.1) is 81.9 Å². The monoisotopic (exact) mass is 1470 g/mol. The predicted octanol–water partition coefficient (Wildman–Crippen LogP) is 12.3. The third-order valence-corrected chi connectivity index (χ3v) is 19.9. The highest BCUT2D eigenvalue weighted by Gasteiger charge is 2.34. The van der Waals surface area contributed by atoms with Crippen molar-refractivity contribution in [1.29, 1.82) is 0 Å². The summed E-state index contributed by atoms with van der Waals surface area (Å²) in [7, 11) is 4.68. The molecule has 4 amide bonds. The number of para-hydroxylation sites is 2. The summed E-state index contributed by atoms with van der Waals surface area (Å²) >= 11 is 0. The van der Waals surface area contributed by atoms with E-state index < -0.39 is 12.1 Å². The lowest BCUT2D eigenvalue weighted by molar-refractivity contribution is -0.141. The summed E-state index contributed by atoms with van der Waals surface area (Å²) in [4.78, 5) is 96.1. The van der Waals surface area contributed by atoms with Crippen LogP contribution in [-0.4, -0.2) is 177 Å². The maximum absolute atomic E-state index is 14.1. The molecule has 3 aliphatic rings. The molecule has 2 aromatic heterocycles. The second-order valence-corrected chi connectivity index (χ2v) is 27.2. The summed E-state index contributed by atoms with van der Waals surface area (Å²) in [5.74, 6) is -0.995. The second kappa shape index (κ2) is 38.8. The lowest BCUT2D eigenvalue weighted by atomic mass is 9.92. The van der Waals surface area contributed by atoms with E-state index in [4.69, 9.17) is 38.6 Å². The minimum atomic E-state index is -0.620. The number of fused-ring (bicyclic) bond motifs is 13. The number of anilines is 2. The summed E-state index contributed by atoms with van der Waals surface area (Å²) in [5.41, 5.74) is 17.6. The molecule has 0 bridgehead atoms. The topological polar surface area (TPSA) is 270 Å². The van der Waals surface area contributed by atoms with Gasteiger partial charge in [0.2, 0.25) is 17.7 Å². The highest BCUT2D eigenvalue weighted by atomic mass is 16.5. The Morgan fingerprint density at radius 1 is 0.509 bits per heavy atom. The average Bonchev–Trinajstić information content (AvgIpc) is 1.56. The number of ether oxygens (including phenoxy) is 6. The smallest absolute Gasteiger partial charge is 0.407 e. The minimum absolute atomic E-state index is 0.0269. The number of hydrogen-bond donors (Lipinski definition) is 2. The molecule has 0 saturated carbocycles. The van der Waals surface area contributed by atoms with Gasteiger partial charge in [-0.2, -0.15) is 0 Å². The fourth-order valence-corrected chi connectivity index (χ4v) is 14.2. The third-order valence-electron chi connectivity index (χ3n) is 19.9. The van der Waals surface area contributed by atoms with E-state index in [0.717, 1.165) is 112 Å². The van der Waals surface area contributed by atoms with Crippen LogP contribution in [0, 0.1) is 0 Å². The number of allylic oxidation sites excluding steroid dienone is 2. The van der Waals surface area contributed by atoms with E-state index in [1.165, 1.54) is 6.92 Å². The number of nitrogens with one attached hydrogen (secondary N) is 2. The first-order valence-corrected chi connectivity index (χ1v) is 37.2. The summed E-state index contributed by atoms with van der Waals surface area (Å²) in [5, 5.41) is 24.2. The number of hydrogen-bond acceptors (Lipinski definition) is 18. The van der Waals surface area contributed by atoms with Crippen LogP contribution in [0.3, 0.4) is 0 Å². The van der Waals surface area contributed by atoms with Gasteiger partial charge in [-0.15, -0.1) is 10.2 Å². The highest BCUT2D eigenvalue weighted by Crippen LogP contribution is 2.48. The van der Waals surface area contributed by atoms with Crippen molar-refractivity contribution in [3.8, 4) is 56.2 Å². The van der Waals surface area contributed by atoms with Gasteiger partial charge in [0.1, 0.15) is 36.2 Å². The highest BCUT2D eigenvalue weighted by molar-refractivity contribution is 6.02. The van der Waals surface area contributed by atoms with Gasteiger partial charge in [0.15, 0.2) is 0 Å². The number of esters is 1. The molecule has 0 spiro atoms. The number of Topliss-reactive ketones (excluding diaryl/α,β-unsaturated/α-hetero) is 2. The number of aromatic nitrogens is 6. The molecule has 24 heteroatoms. The molecular weight excluding hydrogens is 1370 g/mol. The molecule has 4 heterocycles. The number of ketones is 2. The summed E-state index contributed by atoms with van der Waals surface area (Å²) < 4.78 is 37.7. The summed E-state index contributed by atoms with van der Waals surface area (Å²) in [6.45, 7) is 15.1. The number of likely N-dealkylation sites (N-methyl/N-ethyl adjacent to an activating group) is 1. The summed E-state index contributed by atoms with van der Waals surface area (Å²) in [6, 6.07) is 44.2. The Bertz CT molecular complexity index is 4290. The van der Waals surface area contributed by atoms with Crippen LogP contribution in [0.5, 0.6) is 0 Å². The summed E-state index contributed by atoms with van der Waals surface area (Å²) in [6.07, 6.45) is 4.62. The van der Waals surface area contributed by atoms with Gasteiger partial charge < -0.3 is 48.9 Å². The second-order valence-electron chi connectivity index (χ2n) is 27.2. The predicted molar refractivity (Wildman–Crippen MR) is 413 cm³/mol. The number of benzene rings is 6. The van der Waals surface area contributed by atoms with Crippen LogP contribution in [-0.2, 0) is 83.4 Å². The molecule has 0 saturated heterocycles. The zero-order chi connectivity index (χ0) is 75.9. The molecule has 1 aliphatic carbocycles. The molecule has 24 nitrogen and oxygen atoms in total. The molecule has 0 fully saturated rings. The van der Waals surface area contributed by atoms with Crippen molar-refractivity contribution in [2.45, 2.75) is 116 Å². The van der Waals surface area contributed by atoms with Crippen molar-refractivity contribution in [3.05, 3.63) is 180 Å². The largest absolute Gasteiger partial charge is 0.465 e. The van der Waals surface area contributed by atoms with Crippen LogP contribution in [0.15, 0.2) is 147 Å². The molecule has 2 N–H and O–H groups in total. The molecule has 108 heavy (non-hydrogen) atoms. The van der Waals surface area contributed by atoms with E-state index in [1.54, 1.807) is 26.2 Å². The number of amides is 4. The van der Waals surface area contributed by atoms with Crippen LogP contribution in [0.4, 0.5) is 16.2 Å². The van der Waals surface area contributed by atoms with Crippen LogP contribution in [0.25, 0.3) is 67.3 Å². The lowest BCUT2D eigenvalue weighted by Gasteiger charge is -2.29. The van der Waals surface area contributed by atoms with Crippen molar-refractivity contribution in [1.82, 2.24) is 45.5 Å². The lowest BCUT2D eigenvalue weighted by Crippen LogP contribution is -2.42. The van der Waals surface area contributed by atoms with Crippen molar-refractivity contribution < 1.29 is 62.0 Å².